The number of carbonyl (C=O) groups is 1. The quantitative estimate of drug-likeness (QED) is 0.152. The van der Waals surface area contributed by atoms with Gasteiger partial charge in [-0.3, -0.25) is 0 Å². The van der Waals surface area contributed by atoms with Gasteiger partial charge in [0.25, 0.3) is 15.0 Å². The zero-order valence-electron chi connectivity index (χ0n) is 20.3. The fourth-order valence-corrected chi connectivity index (χ4v) is 5.33. The van der Waals surface area contributed by atoms with E-state index < -0.39 is 40.7 Å². The lowest BCUT2D eigenvalue weighted by Crippen LogP contribution is -2.44. The van der Waals surface area contributed by atoms with E-state index in [0.29, 0.717) is 6.42 Å². The summed E-state index contributed by atoms with van der Waals surface area (Å²) in [5.74, 6) is -1.41. The third-order valence-electron chi connectivity index (χ3n) is 5.95. The van der Waals surface area contributed by atoms with Crippen molar-refractivity contribution in [1.29, 1.82) is 0 Å². The summed E-state index contributed by atoms with van der Waals surface area (Å²) in [5, 5.41) is -3.71. The number of hydrogen-bond acceptors (Lipinski definition) is 7. The van der Waals surface area contributed by atoms with E-state index in [1.807, 2.05) is 0 Å². The molecule has 7 nitrogen and oxygen atoms in total. The van der Waals surface area contributed by atoms with Crippen molar-refractivity contribution in [2.75, 3.05) is 13.2 Å². The topological polar surface area (TPSA) is 95.5 Å². The summed E-state index contributed by atoms with van der Waals surface area (Å²) < 4.78 is 51.9. The van der Waals surface area contributed by atoms with Gasteiger partial charge in [-0.25, -0.2) is 27.6 Å². The molecule has 0 saturated heterocycles. The van der Waals surface area contributed by atoms with Crippen LogP contribution in [0.4, 0.5) is 4.39 Å². The van der Waals surface area contributed by atoms with Gasteiger partial charge < -0.3 is 9.16 Å². The Bertz CT molecular complexity index is 815. The molecule has 0 fully saturated rings. The lowest BCUT2D eigenvalue weighted by Gasteiger charge is -2.36. The summed E-state index contributed by atoms with van der Waals surface area (Å²) in [6.45, 7) is 13.2. The Morgan fingerprint density at radius 2 is 1.56 bits per heavy atom. The van der Waals surface area contributed by atoms with Gasteiger partial charge in [-0.05, 0) is 44.0 Å². The number of hydrogen-bond donors (Lipinski definition) is 0. The second kappa shape index (κ2) is 12.2. The van der Waals surface area contributed by atoms with Crippen molar-refractivity contribution in [3.63, 3.8) is 0 Å². The molecule has 0 aliphatic heterocycles. The Morgan fingerprint density at radius 3 is 2.09 bits per heavy atom. The molecule has 0 spiro atoms. The number of esters is 1. The fraction of sp³-hybridized carbons (Fsp3) is 0.773. The van der Waals surface area contributed by atoms with Crippen LogP contribution < -0.4 is 0 Å². The molecular weight excluding hydrogens is 451 g/mol. The monoisotopic (exact) mass is 490 g/mol. The van der Waals surface area contributed by atoms with Crippen LogP contribution in [-0.2, 0) is 23.8 Å². The molecular formula is C22H39FN2O5SSi. The Hall–Kier alpha value is -1.39. The van der Waals surface area contributed by atoms with Crippen LogP contribution in [0.25, 0.3) is 0 Å². The fourth-order valence-electron chi connectivity index (χ4n) is 2.86. The summed E-state index contributed by atoms with van der Waals surface area (Å²) in [6, 6.07) is 1.42. The first-order chi connectivity index (χ1) is 14.8. The van der Waals surface area contributed by atoms with Crippen LogP contribution in [0, 0.1) is 0 Å². The smallest absolute Gasteiger partial charge is 0.360 e. The minimum atomic E-state index is -4.73. The van der Waals surface area contributed by atoms with E-state index in [9.17, 15) is 13.2 Å². The van der Waals surface area contributed by atoms with E-state index in [2.05, 4.69) is 43.8 Å². The van der Waals surface area contributed by atoms with Gasteiger partial charge in [-0.2, -0.15) is 0 Å². The van der Waals surface area contributed by atoms with Crippen LogP contribution in [0.1, 0.15) is 72.6 Å². The Balaban J connectivity index is 2.52. The van der Waals surface area contributed by atoms with E-state index in [4.69, 9.17) is 9.16 Å². The number of unbranched alkanes of at least 4 members (excludes halogenated alkanes) is 5. The lowest BCUT2D eigenvalue weighted by atomic mass is 10.1. The summed E-state index contributed by atoms with van der Waals surface area (Å²) in [4.78, 5) is 19.5. The van der Waals surface area contributed by atoms with E-state index >= 15 is 4.39 Å². The van der Waals surface area contributed by atoms with Crippen LogP contribution in [-0.4, -0.2) is 50.9 Å². The zero-order valence-corrected chi connectivity index (χ0v) is 22.1. The maximum Gasteiger partial charge on any atom is 0.360 e. The molecule has 1 aromatic heterocycles. The summed E-state index contributed by atoms with van der Waals surface area (Å²) in [6.07, 6.45) is 6.46. The molecule has 0 radical (unpaired) electrons. The molecule has 1 heterocycles. The van der Waals surface area contributed by atoms with Crippen LogP contribution in [0.15, 0.2) is 23.6 Å². The molecule has 0 amide bonds. The maximum atomic E-state index is 15.6. The van der Waals surface area contributed by atoms with Crippen molar-refractivity contribution in [2.45, 2.75) is 101 Å². The lowest BCUT2D eigenvalue weighted by molar-refractivity contribution is -0.152. The van der Waals surface area contributed by atoms with Gasteiger partial charge in [0.15, 0.2) is 8.32 Å². The number of carbonyl (C=O) groups excluding carboxylic acids is 1. The van der Waals surface area contributed by atoms with E-state index in [1.54, 1.807) is 0 Å². The number of aromatic nitrogens is 2. The normalized spacial score (nSPS) is 14.7. The minimum absolute atomic E-state index is 0.118. The Kier molecular flexibility index (Phi) is 10.9. The van der Waals surface area contributed by atoms with Crippen molar-refractivity contribution >= 4 is 24.1 Å². The van der Waals surface area contributed by atoms with E-state index in [0.717, 1.165) is 32.3 Å². The second-order valence-electron chi connectivity index (χ2n) is 9.46. The molecule has 0 saturated carbocycles. The number of ether oxygens (including phenoxy) is 1. The van der Waals surface area contributed by atoms with E-state index in [1.165, 1.54) is 25.4 Å². The second-order valence-corrected chi connectivity index (χ2v) is 16.3. The van der Waals surface area contributed by atoms with Crippen molar-refractivity contribution < 1.29 is 26.8 Å². The van der Waals surface area contributed by atoms with Crippen LogP contribution >= 0.6 is 0 Å². The number of sulfone groups is 1. The third-order valence-corrected chi connectivity index (χ3v) is 12.4. The number of halogens is 1. The van der Waals surface area contributed by atoms with Crippen LogP contribution in [0.3, 0.4) is 0 Å². The van der Waals surface area contributed by atoms with Crippen LogP contribution in [0.2, 0.25) is 18.1 Å². The molecule has 10 heteroatoms. The average molecular weight is 491 g/mol. The first kappa shape index (κ1) is 28.6. The summed E-state index contributed by atoms with van der Waals surface area (Å²) in [5.41, 5.74) is 0. The molecule has 1 atom stereocenters. The standard InChI is InChI=1S/C22H39FN2O5SSi/c1-7-29-19(26)22(23,31(27,28)20-24-16-14-17-25-20)15-12-10-8-9-11-13-18-30-32(5,6)21(2,3)4/h14,16-17H,7-13,15,18H2,1-6H3. The first-order valence-corrected chi connectivity index (χ1v) is 15.7. The van der Waals surface area contributed by atoms with Gasteiger partial charge in [0.05, 0.1) is 6.61 Å². The summed E-state index contributed by atoms with van der Waals surface area (Å²) in [7, 11) is -6.45. The maximum absolute atomic E-state index is 15.6. The predicted molar refractivity (Wildman–Crippen MR) is 125 cm³/mol. The van der Waals surface area contributed by atoms with Gasteiger partial charge in [0.2, 0.25) is 0 Å². The molecule has 184 valence electrons. The van der Waals surface area contributed by atoms with Crippen molar-refractivity contribution in [1.82, 2.24) is 9.97 Å². The Morgan fingerprint density at radius 1 is 1.03 bits per heavy atom. The number of rotatable bonds is 14. The molecule has 0 N–H and O–H groups in total. The molecule has 1 unspecified atom stereocenters. The number of alkyl halides is 1. The van der Waals surface area contributed by atoms with Gasteiger partial charge in [-0.15, -0.1) is 0 Å². The van der Waals surface area contributed by atoms with Crippen LogP contribution in [0.5, 0.6) is 0 Å². The summed E-state index contributed by atoms with van der Waals surface area (Å²) >= 11 is 0. The van der Waals surface area contributed by atoms with Crippen molar-refractivity contribution in [3.8, 4) is 0 Å². The molecule has 0 aliphatic rings. The highest BCUT2D eigenvalue weighted by Gasteiger charge is 2.54. The SMILES string of the molecule is CCOC(=O)C(F)(CCCCCCCCO[Si](C)(C)C(C)(C)C)S(=O)(=O)c1ncccn1. The third kappa shape index (κ3) is 7.59. The van der Waals surface area contributed by atoms with E-state index in [-0.39, 0.29) is 18.1 Å². The molecule has 1 aromatic rings. The van der Waals surface area contributed by atoms with Gasteiger partial charge >= 0.3 is 11.0 Å². The highest BCUT2D eigenvalue weighted by molar-refractivity contribution is 7.93. The molecule has 0 aromatic carbocycles. The average Bonchev–Trinajstić information content (AvgIpc) is 2.72. The highest BCUT2D eigenvalue weighted by Crippen LogP contribution is 2.36. The van der Waals surface area contributed by atoms with Crippen molar-refractivity contribution in [3.05, 3.63) is 18.5 Å². The molecule has 0 aliphatic carbocycles. The van der Waals surface area contributed by atoms with Crippen molar-refractivity contribution in [2.24, 2.45) is 0 Å². The highest BCUT2D eigenvalue weighted by atomic mass is 32.2. The molecule has 1 rings (SSSR count). The minimum Gasteiger partial charge on any atom is -0.463 e. The molecule has 32 heavy (non-hydrogen) atoms. The first-order valence-electron chi connectivity index (χ1n) is 11.3. The predicted octanol–water partition coefficient (Wildman–Crippen LogP) is 5.23. The van der Waals surface area contributed by atoms with Gasteiger partial charge in [0, 0.05) is 25.4 Å². The zero-order chi connectivity index (χ0) is 24.5. The molecule has 0 bridgehead atoms. The largest absolute Gasteiger partial charge is 0.463 e. The number of nitrogens with zero attached hydrogens (tertiary/aromatic N) is 2. The van der Waals surface area contributed by atoms with Gasteiger partial charge in [0.1, 0.15) is 0 Å². The Labute approximate surface area is 193 Å². The van der Waals surface area contributed by atoms with Gasteiger partial charge in [-0.1, -0.05) is 46.5 Å².